The van der Waals surface area contributed by atoms with Gasteiger partial charge in [-0.15, -0.1) is 0 Å². The maximum Gasteiger partial charge on any atom is 0.308 e. The van der Waals surface area contributed by atoms with Crippen LogP contribution in [0.1, 0.15) is 38.3 Å². The lowest BCUT2D eigenvalue weighted by atomic mass is 10.1. The van der Waals surface area contributed by atoms with Gasteiger partial charge in [-0.1, -0.05) is 60.2 Å². The third kappa shape index (κ3) is 5.04. The van der Waals surface area contributed by atoms with Gasteiger partial charge in [0.1, 0.15) is 0 Å². The molecule has 0 aliphatic carbocycles. The number of benzene rings is 3. The van der Waals surface area contributed by atoms with Crippen molar-refractivity contribution >= 4 is 29.4 Å². The van der Waals surface area contributed by atoms with E-state index in [0.717, 1.165) is 16.0 Å². The summed E-state index contributed by atoms with van der Waals surface area (Å²) in [5.74, 6) is -1.89. The van der Waals surface area contributed by atoms with Crippen LogP contribution >= 0.6 is 0 Å². The Morgan fingerprint density at radius 3 is 2.21 bits per heavy atom. The number of aryl methyl sites for hydroxylation is 1. The van der Waals surface area contributed by atoms with Crippen LogP contribution in [0.15, 0.2) is 78.9 Å². The van der Waals surface area contributed by atoms with Crippen molar-refractivity contribution in [2.24, 2.45) is 0 Å². The Kier molecular flexibility index (Phi) is 6.82. The van der Waals surface area contributed by atoms with Gasteiger partial charge >= 0.3 is 5.97 Å². The summed E-state index contributed by atoms with van der Waals surface area (Å²) in [4.78, 5) is 52.9. The number of carbonyl (C=O) groups is 4. The molecule has 7 nitrogen and oxygen atoms in total. The standard InChI is InChI=1S/C27H24N2O5/c1-19-12-13-22-23(16-19)27(33)28(26(22)32)15-14-25(31)34-18-24(30)29(21-10-6-3-7-11-21)17-20-8-4-2-5-9-20/h2-13,16H,14-15,17-18H2,1H3. The second-order valence-corrected chi connectivity index (χ2v) is 8.02. The molecule has 0 unspecified atom stereocenters. The van der Waals surface area contributed by atoms with Crippen molar-refractivity contribution in [1.29, 1.82) is 0 Å². The van der Waals surface area contributed by atoms with Gasteiger partial charge in [0.25, 0.3) is 17.7 Å². The molecule has 0 saturated heterocycles. The van der Waals surface area contributed by atoms with E-state index in [1.165, 1.54) is 0 Å². The summed E-state index contributed by atoms with van der Waals surface area (Å²) in [6.45, 7) is 1.62. The lowest BCUT2D eigenvalue weighted by Gasteiger charge is -2.23. The fraction of sp³-hybridized carbons (Fsp3) is 0.185. The van der Waals surface area contributed by atoms with Gasteiger partial charge in [0.2, 0.25) is 0 Å². The first-order chi connectivity index (χ1) is 16.4. The van der Waals surface area contributed by atoms with E-state index in [4.69, 9.17) is 4.74 Å². The molecule has 172 valence electrons. The first-order valence-corrected chi connectivity index (χ1v) is 11.0. The summed E-state index contributed by atoms with van der Waals surface area (Å²) in [6, 6.07) is 23.7. The van der Waals surface area contributed by atoms with Crippen LogP contribution in [-0.4, -0.2) is 41.7 Å². The average Bonchev–Trinajstić information content (AvgIpc) is 3.09. The van der Waals surface area contributed by atoms with Crippen LogP contribution in [0.25, 0.3) is 0 Å². The van der Waals surface area contributed by atoms with E-state index < -0.39 is 24.4 Å². The zero-order chi connectivity index (χ0) is 24.1. The number of amides is 3. The molecule has 7 heteroatoms. The Morgan fingerprint density at radius 2 is 1.50 bits per heavy atom. The molecule has 0 atom stereocenters. The van der Waals surface area contributed by atoms with Gasteiger partial charge in [-0.05, 0) is 36.8 Å². The van der Waals surface area contributed by atoms with E-state index in [0.29, 0.717) is 23.4 Å². The van der Waals surface area contributed by atoms with E-state index in [9.17, 15) is 19.2 Å². The third-order valence-electron chi connectivity index (χ3n) is 5.57. The Hall–Kier alpha value is -4.26. The van der Waals surface area contributed by atoms with Crippen molar-refractivity contribution in [2.75, 3.05) is 18.1 Å². The SMILES string of the molecule is Cc1ccc2c(c1)C(=O)N(CCC(=O)OCC(=O)N(Cc1ccccc1)c1ccccc1)C2=O. The lowest BCUT2D eigenvalue weighted by Crippen LogP contribution is -2.35. The molecule has 4 rings (SSSR count). The largest absolute Gasteiger partial charge is 0.455 e. The van der Waals surface area contributed by atoms with Gasteiger partial charge in [0.05, 0.1) is 24.1 Å². The summed E-state index contributed by atoms with van der Waals surface area (Å²) < 4.78 is 5.19. The summed E-state index contributed by atoms with van der Waals surface area (Å²) in [7, 11) is 0. The fourth-order valence-corrected chi connectivity index (χ4v) is 3.80. The Bertz CT molecular complexity index is 1220. The Balaban J connectivity index is 1.34. The van der Waals surface area contributed by atoms with E-state index in [-0.39, 0.29) is 18.9 Å². The first-order valence-electron chi connectivity index (χ1n) is 11.0. The minimum atomic E-state index is -0.659. The van der Waals surface area contributed by atoms with Gasteiger partial charge in [-0.2, -0.15) is 0 Å². The van der Waals surface area contributed by atoms with Crippen molar-refractivity contribution in [3.63, 3.8) is 0 Å². The van der Waals surface area contributed by atoms with Crippen molar-refractivity contribution < 1.29 is 23.9 Å². The molecule has 0 aromatic heterocycles. The molecule has 1 aliphatic heterocycles. The Labute approximate surface area is 197 Å². The number of hydrogen-bond donors (Lipinski definition) is 0. The molecular formula is C27H24N2O5. The van der Waals surface area contributed by atoms with Gasteiger partial charge in [-0.3, -0.25) is 24.1 Å². The highest BCUT2D eigenvalue weighted by Gasteiger charge is 2.35. The maximum atomic E-state index is 12.9. The van der Waals surface area contributed by atoms with Crippen molar-refractivity contribution in [3.05, 3.63) is 101 Å². The maximum absolute atomic E-state index is 12.9. The molecule has 3 aromatic carbocycles. The number of imide groups is 1. The number of rotatable bonds is 8. The summed E-state index contributed by atoms with van der Waals surface area (Å²) in [5.41, 5.74) is 3.17. The van der Waals surface area contributed by atoms with Crippen LogP contribution in [0.2, 0.25) is 0 Å². The highest BCUT2D eigenvalue weighted by atomic mass is 16.5. The molecule has 0 spiro atoms. The number of nitrogens with zero attached hydrogens (tertiary/aromatic N) is 2. The zero-order valence-electron chi connectivity index (χ0n) is 18.8. The van der Waals surface area contributed by atoms with Crippen molar-refractivity contribution in [3.8, 4) is 0 Å². The van der Waals surface area contributed by atoms with E-state index in [1.54, 1.807) is 23.1 Å². The quantitative estimate of drug-likeness (QED) is 0.381. The topological polar surface area (TPSA) is 84.0 Å². The number of ether oxygens (including phenoxy) is 1. The molecule has 1 heterocycles. The molecule has 34 heavy (non-hydrogen) atoms. The van der Waals surface area contributed by atoms with E-state index >= 15 is 0 Å². The zero-order valence-corrected chi connectivity index (χ0v) is 18.8. The highest BCUT2D eigenvalue weighted by Crippen LogP contribution is 2.24. The predicted molar refractivity (Wildman–Crippen MR) is 126 cm³/mol. The smallest absolute Gasteiger partial charge is 0.308 e. The fourth-order valence-electron chi connectivity index (χ4n) is 3.80. The van der Waals surface area contributed by atoms with Crippen LogP contribution in [0.4, 0.5) is 5.69 Å². The number of fused-ring (bicyclic) bond motifs is 1. The molecule has 1 aliphatic rings. The van der Waals surface area contributed by atoms with Crippen LogP contribution < -0.4 is 4.90 Å². The van der Waals surface area contributed by atoms with Crippen LogP contribution in [0.5, 0.6) is 0 Å². The summed E-state index contributed by atoms with van der Waals surface area (Å²) >= 11 is 0. The molecule has 0 bridgehead atoms. The average molecular weight is 456 g/mol. The number of hydrogen-bond acceptors (Lipinski definition) is 5. The first kappa shape index (κ1) is 22.9. The predicted octanol–water partition coefficient (Wildman–Crippen LogP) is 3.76. The third-order valence-corrected chi connectivity index (χ3v) is 5.57. The molecule has 3 amide bonds. The van der Waals surface area contributed by atoms with Gasteiger partial charge < -0.3 is 9.64 Å². The van der Waals surface area contributed by atoms with Gasteiger partial charge in [0, 0.05) is 12.2 Å². The summed E-state index contributed by atoms with van der Waals surface area (Å²) in [6.07, 6.45) is -0.193. The van der Waals surface area contributed by atoms with Crippen molar-refractivity contribution in [2.45, 2.75) is 19.9 Å². The normalized spacial score (nSPS) is 12.4. The second-order valence-electron chi connectivity index (χ2n) is 8.02. The molecule has 0 radical (unpaired) electrons. The number of carbonyl (C=O) groups excluding carboxylic acids is 4. The number of para-hydroxylation sites is 1. The van der Waals surface area contributed by atoms with E-state index in [2.05, 4.69) is 0 Å². The van der Waals surface area contributed by atoms with E-state index in [1.807, 2.05) is 67.6 Å². The van der Waals surface area contributed by atoms with Gasteiger partial charge in [0.15, 0.2) is 6.61 Å². The minimum Gasteiger partial charge on any atom is -0.455 e. The Morgan fingerprint density at radius 1 is 0.853 bits per heavy atom. The molecule has 0 fully saturated rings. The lowest BCUT2D eigenvalue weighted by molar-refractivity contribution is -0.147. The van der Waals surface area contributed by atoms with Crippen LogP contribution in [0.3, 0.4) is 0 Å². The monoisotopic (exact) mass is 456 g/mol. The molecular weight excluding hydrogens is 432 g/mol. The minimum absolute atomic E-state index is 0.106. The summed E-state index contributed by atoms with van der Waals surface area (Å²) in [5, 5.41) is 0. The van der Waals surface area contributed by atoms with Gasteiger partial charge in [-0.25, -0.2) is 0 Å². The molecule has 0 saturated carbocycles. The number of esters is 1. The van der Waals surface area contributed by atoms with Crippen molar-refractivity contribution in [1.82, 2.24) is 4.90 Å². The highest BCUT2D eigenvalue weighted by molar-refractivity contribution is 6.21. The molecule has 0 N–H and O–H groups in total. The second kappa shape index (κ2) is 10.1. The van der Waals surface area contributed by atoms with Crippen LogP contribution in [-0.2, 0) is 20.9 Å². The number of anilines is 1. The molecule has 3 aromatic rings. The van der Waals surface area contributed by atoms with Crippen LogP contribution in [0, 0.1) is 6.92 Å².